The summed E-state index contributed by atoms with van der Waals surface area (Å²) in [5.41, 5.74) is 9.66. The van der Waals surface area contributed by atoms with Gasteiger partial charge in [0.25, 0.3) is 0 Å². The van der Waals surface area contributed by atoms with Gasteiger partial charge in [-0.25, -0.2) is 0 Å². The van der Waals surface area contributed by atoms with Crippen molar-refractivity contribution in [3.05, 3.63) is 163 Å². The maximum Gasteiger partial charge on any atom is 0.304 e. The normalized spacial score (nSPS) is 11.8. The fraction of sp³-hybridized carbons (Fsp3) is 0.283. The predicted molar refractivity (Wildman–Crippen MR) is 258 cm³/mol. The van der Waals surface area contributed by atoms with E-state index in [0.717, 1.165) is 38.9 Å². The van der Waals surface area contributed by atoms with Crippen LogP contribution in [0.3, 0.4) is 0 Å². The molecule has 0 spiro atoms. The summed E-state index contributed by atoms with van der Waals surface area (Å²) in [5, 5.41) is 41.2. The summed E-state index contributed by atoms with van der Waals surface area (Å²) in [6.45, 7) is 8.73. The second-order valence-corrected chi connectivity index (χ2v) is 17.4. The predicted octanol–water partition coefficient (Wildman–Crippen LogP) is 11.1. The van der Waals surface area contributed by atoms with Crippen LogP contribution in [0.15, 0.2) is 97.6 Å². The van der Waals surface area contributed by atoms with E-state index in [1.54, 1.807) is 55.7 Å². The summed E-state index contributed by atoms with van der Waals surface area (Å²) < 4.78 is 25.3. The zero-order valence-corrected chi connectivity index (χ0v) is 39.7. The van der Waals surface area contributed by atoms with E-state index in [2.05, 4.69) is 39.6 Å². The Morgan fingerprint density at radius 2 is 1.10 bits per heavy atom. The van der Waals surface area contributed by atoms with E-state index in [-0.39, 0.29) is 57.8 Å². The van der Waals surface area contributed by atoms with Gasteiger partial charge in [-0.3, -0.25) is 19.6 Å². The van der Waals surface area contributed by atoms with Crippen LogP contribution in [-0.2, 0) is 49.0 Å². The average Bonchev–Trinajstić information content (AvgIpc) is 3.31. The molecule has 6 aromatic rings. The van der Waals surface area contributed by atoms with E-state index >= 15 is 0 Å². The van der Waals surface area contributed by atoms with Gasteiger partial charge >= 0.3 is 11.9 Å². The number of nitriles is 2. The van der Waals surface area contributed by atoms with Crippen LogP contribution in [0, 0.1) is 42.4 Å². The summed E-state index contributed by atoms with van der Waals surface area (Å²) in [6.07, 6.45) is 7.35. The van der Waals surface area contributed by atoms with Crippen LogP contribution in [-0.4, -0.2) is 38.2 Å². The van der Waals surface area contributed by atoms with Gasteiger partial charge in [0.1, 0.15) is 61.6 Å². The quantitative estimate of drug-likeness (QED) is 0.0549. The lowest BCUT2D eigenvalue weighted by Crippen LogP contribution is -2.28. The number of carboxylic acids is 2. The highest BCUT2D eigenvalue weighted by Crippen LogP contribution is 2.38. The topological polar surface area (TPSA) is 197 Å². The molecule has 2 heterocycles. The van der Waals surface area contributed by atoms with Crippen molar-refractivity contribution in [2.24, 2.45) is 5.92 Å². The van der Waals surface area contributed by atoms with Gasteiger partial charge in [-0.1, -0.05) is 66.5 Å². The third-order valence-corrected chi connectivity index (χ3v) is 12.0. The van der Waals surface area contributed by atoms with Crippen LogP contribution in [0.5, 0.6) is 23.0 Å². The van der Waals surface area contributed by atoms with Crippen LogP contribution in [0.1, 0.15) is 88.7 Å². The number of aryl methyl sites for hydroxylation is 1. The molecular weight excluding hydrogens is 906 g/mol. The Morgan fingerprint density at radius 1 is 0.632 bits per heavy atom. The number of ether oxygens (including phenoxy) is 4. The van der Waals surface area contributed by atoms with Crippen molar-refractivity contribution in [1.29, 1.82) is 10.5 Å². The molecule has 0 saturated heterocycles. The zero-order valence-electron chi connectivity index (χ0n) is 38.1. The molecule has 15 heteroatoms. The van der Waals surface area contributed by atoms with Crippen molar-refractivity contribution in [3.8, 4) is 46.3 Å². The van der Waals surface area contributed by atoms with Crippen molar-refractivity contribution in [1.82, 2.24) is 15.3 Å². The fourth-order valence-corrected chi connectivity index (χ4v) is 8.03. The minimum atomic E-state index is -0.913. The highest BCUT2D eigenvalue weighted by molar-refractivity contribution is 6.32. The largest absolute Gasteiger partial charge is 0.488 e. The molecule has 13 nitrogen and oxygen atoms in total. The van der Waals surface area contributed by atoms with Gasteiger partial charge in [0.2, 0.25) is 0 Å². The Bertz CT molecular complexity index is 2670. The number of halogens is 2. The molecule has 68 heavy (non-hydrogen) atoms. The maximum atomic E-state index is 11.3. The fourth-order valence-electron chi connectivity index (χ4n) is 7.55. The minimum absolute atomic E-state index is 0.0496. The maximum absolute atomic E-state index is 11.3. The second kappa shape index (κ2) is 24.0. The van der Waals surface area contributed by atoms with E-state index in [4.69, 9.17) is 42.1 Å². The van der Waals surface area contributed by atoms with Gasteiger partial charge in [0, 0.05) is 72.6 Å². The molecular formula is C53H51Cl2N5O8. The molecule has 0 radical (unpaired) electrons. The average molecular weight is 957 g/mol. The van der Waals surface area contributed by atoms with Gasteiger partial charge in [-0.05, 0) is 103 Å². The third-order valence-electron chi connectivity index (χ3n) is 11.4. The van der Waals surface area contributed by atoms with E-state index in [1.165, 1.54) is 12.4 Å². The molecule has 2 aromatic heterocycles. The molecule has 2 atom stereocenters. The van der Waals surface area contributed by atoms with Crippen LogP contribution >= 0.6 is 23.2 Å². The summed E-state index contributed by atoms with van der Waals surface area (Å²) >= 11 is 13.7. The first-order chi connectivity index (χ1) is 32.7. The number of rotatable bonds is 23. The lowest BCUT2D eigenvalue weighted by atomic mass is 9.92. The lowest BCUT2D eigenvalue weighted by Gasteiger charge is -2.19. The van der Waals surface area contributed by atoms with Gasteiger partial charge < -0.3 is 34.5 Å². The van der Waals surface area contributed by atoms with Gasteiger partial charge in [0.05, 0.1) is 27.6 Å². The number of aromatic nitrogens is 2. The van der Waals surface area contributed by atoms with Crippen molar-refractivity contribution < 1.29 is 38.7 Å². The number of aliphatic carboxylic acids is 2. The summed E-state index contributed by atoms with van der Waals surface area (Å²) in [5.74, 6) is -0.00150. The summed E-state index contributed by atoms with van der Waals surface area (Å²) in [7, 11) is 0. The number of hydrogen-bond acceptors (Lipinski definition) is 11. The smallest absolute Gasteiger partial charge is 0.304 e. The van der Waals surface area contributed by atoms with Crippen LogP contribution < -0.4 is 24.3 Å². The van der Waals surface area contributed by atoms with Crippen molar-refractivity contribution in [2.45, 2.75) is 92.4 Å². The van der Waals surface area contributed by atoms with Crippen LogP contribution in [0.2, 0.25) is 10.0 Å². The Kier molecular flexibility index (Phi) is 17.8. The van der Waals surface area contributed by atoms with Crippen molar-refractivity contribution >= 4 is 35.1 Å². The first-order valence-corrected chi connectivity index (χ1v) is 22.6. The van der Waals surface area contributed by atoms with E-state index in [0.29, 0.717) is 73.7 Å². The number of nitrogens with zero attached hydrogens (tertiary/aromatic N) is 4. The Labute approximate surface area is 405 Å². The van der Waals surface area contributed by atoms with Crippen LogP contribution in [0.4, 0.5) is 0 Å². The Hall–Kier alpha value is -7.16. The molecule has 0 aliphatic rings. The van der Waals surface area contributed by atoms with Gasteiger partial charge in [-0.2, -0.15) is 10.5 Å². The number of carboxylic acid groups (broad SMARTS) is 2. The number of hydrogen-bond donors (Lipinski definition) is 3. The SMILES string of the molecule is Cc1c(COc2cc(OCc3cncc(C#N)c3)c(CCC(C)CC(=O)O)cc2Cl)cccc1-c1cccc(COc2cc(OCc3cncc(C#N)c3)c(CNC(C)CC(=O)O)cc2Cl)c1C. The van der Waals surface area contributed by atoms with E-state index in [1.807, 2.05) is 45.0 Å². The highest BCUT2D eigenvalue weighted by Gasteiger charge is 2.19. The monoisotopic (exact) mass is 955 g/mol. The second-order valence-electron chi connectivity index (χ2n) is 16.6. The molecule has 0 amide bonds. The van der Waals surface area contributed by atoms with Crippen molar-refractivity contribution in [3.63, 3.8) is 0 Å². The molecule has 0 saturated carbocycles. The first kappa shape index (κ1) is 50.3. The molecule has 0 bridgehead atoms. The minimum Gasteiger partial charge on any atom is -0.488 e. The molecule has 0 aliphatic heterocycles. The van der Waals surface area contributed by atoms with E-state index < -0.39 is 11.9 Å². The zero-order chi connectivity index (χ0) is 48.7. The van der Waals surface area contributed by atoms with Gasteiger partial charge in [-0.15, -0.1) is 0 Å². The molecule has 3 N–H and O–H groups in total. The molecule has 6 rings (SSSR count). The molecule has 2 unspecified atom stereocenters. The highest BCUT2D eigenvalue weighted by atomic mass is 35.5. The molecule has 4 aromatic carbocycles. The third kappa shape index (κ3) is 13.9. The van der Waals surface area contributed by atoms with Crippen molar-refractivity contribution in [2.75, 3.05) is 0 Å². The lowest BCUT2D eigenvalue weighted by molar-refractivity contribution is -0.138. The number of nitrogens with one attached hydrogen (secondary N) is 1. The first-order valence-electron chi connectivity index (χ1n) is 21.9. The number of carbonyl (C=O) groups is 2. The standard InChI is InChI=1S/C53H51Cl2N5O8/c1-32(13-52(61)62)11-12-40-17-46(54)50(19-48(40)65-28-38-15-36(21-56)23-58-25-38)67-30-41-7-5-9-44(34(41)3)45-10-6-8-42(35(45)4)31-68-51-20-49(66-29-39-16-37(22-57)24-59-26-39)43(18-47(51)55)27-60-33(2)14-53(63)64/h5-10,15-20,23-26,32-33,60H,11-14,27-31H2,1-4H3,(H,61,62)(H,63,64). The Balaban J connectivity index is 1.19. The molecule has 350 valence electrons. The summed E-state index contributed by atoms with van der Waals surface area (Å²) in [6, 6.07) is 26.4. The van der Waals surface area contributed by atoms with E-state index in [9.17, 15) is 30.3 Å². The van der Waals surface area contributed by atoms with Crippen LogP contribution in [0.25, 0.3) is 11.1 Å². The van der Waals surface area contributed by atoms with Gasteiger partial charge in [0.15, 0.2) is 0 Å². The summed E-state index contributed by atoms with van der Waals surface area (Å²) in [4.78, 5) is 30.9. The number of pyridine rings is 2. The molecule has 0 fully saturated rings. The Morgan fingerprint density at radius 3 is 1.59 bits per heavy atom. The molecule has 0 aliphatic carbocycles. The number of benzene rings is 4.